The predicted octanol–water partition coefficient (Wildman–Crippen LogP) is 3.76. The Labute approximate surface area is 166 Å². The van der Waals surface area contributed by atoms with Crippen molar-refractivity contribution in [3.05, 3.63) is 93.4 Å². The summed E-state index contributed by atoms with van der Waals surface area (Å²) in [5.41, 5.74) is 1.50. The van der Waals surface area contributed by atoms with Gasteiger partial charge in [-0.3, -0.25) is 14.4 Å². The van der Waals surface area contributed by atoms with Crippen LogP contribution < -0.4 is 16.2 Å². The molecule has 3 aromatic rings. The minimum atomic E-state index is -0.523. The normalized spacial score (nSPS) is 10.4. The maximum atomic E-state index is 12.7. The van der Waals surface area contributed by atoms with E-state index in [0.29, 0.717) is 22.9 Å². The van der Waals surface area contributed by atoms with Gasteiger partial charge in [0.25, 0.3) is 11.5 Å². The highest BCUT2D eigenvalue weighted by molar-refractivity contribution is 6.30. The summed E-state index contributed by atoms with van der Waals surface area (Å²) in [4.78, 5) is 36.5. The minimum absolute atomic E-state index is 0.0226. The van der Waals surface area contributed by atoms with E-state index in [2.05, 4.69) is 10.6 Å². The van der Waals surface area contributed by atoms with Gasteiger partial charge >= 0.3 is 0 Å². The molecule has 142 valence electrons. The summed E-state index contributed by atoms with van der Waals surface area (Å²) < 4.78 is 1.45. The topological polar surface area (TPSA) is 80.2 Å². The number of anilines is 2. The van der Waals surface area contributed by atoms with Crippen LogP contribution in [0.4, 0.5) is 11.4 Å². The van der Waals surface area contributed by atoms with E-state index in [0.717, 1.165) is 5.56 Å². The number of carbonyl (C=O) groups is 2. The lowest BCUT2D eigenvalue weighted by Gasteiger charge is -2.10. The predicted molar refractivity (Wildman–Crippen MR) is 110 cm³/mol. The highest BCUT2D eigenvalue weighted by Crippen LogP contribution is 2.16. The van der Waals surface area contributed by atoms with Crippen LogP contribution in [0.1, 0.15) is 22.8 Å². The van der Waals surface area contributed by atoms with Gasteiger partial charge in [0.1, 0.15) is 5.56 Å². The number of carbonyl (C=O) groups excluding carboxylic acids is 2. The average Bonchev–Trinajstić information content (AvgIpc) is 2.63. The third kappa shape index (κ3) is 4.86. The lowest BCUT2D eigenvalue weighted by atomic mass is 10.2. The third-order valence-corrected chi connectivity index (χ3v) is 4.18. The first-order valence-electron chi connectivity index (χ1n) is 8.55. The van der Waals surface area contributed by atoms with Gasteiger partial charge in [0.2, 0.25) is 5.91 Å². The molecule has 0 unspecified atom stereocenters. The van der Waals surface area contributed by atoms with Gasteiger partial charge in [-0.1, -0.05) is 29.8 Å². The lowest BCUT2D eigenvalue weighted by molar-refractivity contribution is -0.114. The lowest BCUT2D eigenvalue weighted by Crippen LogP contribution is -2.29. The molecule has 1 heterocycles. The Morgan fingerprint density at radius 3 is 2.39 bits per heavy atom. The summed E-state index contributed by atoms with van der Waals surface area (Å²) in [5, 5.41) is 5.91. The van der Waals surface area contributed by atoms with Crippen molar-refractivity contribution in [1.82, 2.24) is 4.57 Å². The monoisotopic (exact) mass is 395 g/mol. The van der Waals surface area contributed by atoms with Crippen molar-refractivity contribution >= 4 is 34.8 Å². The highest BCUT2D eigenvalue weighted by atomic mass is 35.5. The number of rotatable bonds is 5. The molecule has 2 amide bonds. The molecule has 0 spiro atoms. The molecule has 0 aliphatic rings. The second-order valence-corrected chi connectivity index (χ2v) is 6.64. The van der Waals surface area contributed by atoms with E-state index in [1.54, 1.807) is 54.7 Å². The van der Waals surface area contributed by atoms with Gasteiger partial charge in [0.15, 0.2) is 0 Å². The first-order valence-corrected chi connectivity index (χ1v) is 8.93. The summed E-state index contributed by atoms with van der Waals surface area (Å²) in [7, 11) is 0. The molecule has 2 aromatic carbocycles. The molecule has 0 aliphatic carbocycles. The fourth-order valence-corrected chi connectivity index (χ4v) is 2.96. The molecule has 7 heteroatoms. The van der Waals surface area contributed by atoms with Crippen molar-refractivity contribution in [2.45, 2.75) is 13.5 Å². The zero-order chi connectivity index (χ0) is 20.1. The van der Waals surface area contributed by atoms with E-state index in [1.165, 1.54) is 17.6 Å². The SMILES string of the molecule is CC(=O)Nc1cccc(NC(=O)c2cccn(Cc3cccc(Cl)c3)c2=O)c1. The summed E-state index contributed by atoms with van der Waals surface area (Å²) in [6, 6.07) is 17.0. The summed E-state index contributed by atoms with van der Waals surface area (Å²) in [5.74, 6) is -0.735. The number of benzene rings is 2. The standard InChI is InChI=1S/C21H18ClN3O3/c1-14(26)23-17-7-3-8-18(12-17)24-20(27)19-9-4-10-25(21(19)28)13-15-5-2-6-16(22)11-15/h2-12H,13H2,1H3,(H,23,26)(H,24,27). The largest absolute Gasteiger partial charge is 0.326 e. The molecule has 1 aromatic heterocycles. The van der Waals surface area contributed by atoms with E-state index in [1.807, 2.05) is 6.07 Å². The van der Waals surface area contributed by atoms with Gasteiger partial charge in [-0.05, 0) is 48.0 Å². The molecule has 0 saturated carbocycles. The van der Waals surface area contributed by atoms with Gasteiger partial charge in [-0.25, -0.2) is 0 Å². The van der Waals surface area contributed by atoms with Crippen LogP contribution in [0.15, 0.2) is 71.7 Å². The molecule has 0 saturated heterocycles. The van der Waals surface area contributed by atoms with E-state index in [-0.39, 0.29) is 11.5 Å². The van der Waals surface area contributed by atoms with Crippen LogP contribution in [0.5, 0.6) is 0 Å². The summed E-state index contributed by atoms with van der Waals surface area (Å²) >= 11 is 5.99. The fourth-order valence-electron chi connectivity index (χ4n) is 2.74. The highest BCUT2D eigenvalue weighted by Gasteiger charge is 2.13. The van der Waals surface area contributed by atoms with Gasteiger partial charge in [-0.15, -0.1) is 0 Å². The van der Waals surface area contributed by atoms with Gasteiger partial charge in [0.05, 0.1) is 6.54 Å². The summed E-state index contributed by atoms with van der Waals surface area (Å²) in [6.07, 6.45) is 1.62. The van der Waals surface area contributed by atoms with Crippen molar-refractivity contribution in [1.29, 1.82) is 0 Å². The zero-order valence-corrected chi connectivity index (χ0v) is 15.9. The number of hydrogen-bond donors (Lipinski definition) is 2. The van der Waals surface area contributed by atoms with Crippen LogP contribution >= 0.6 is 11.6 Å². The van der Waals surface area contributed by atoms with Crippen LogP contribution in [0.2, 0.25) is 5.02 Å². The Bertz CT molecular complexity index is 1090. The molecule has 28 heavy (non-hydrogen) atoms. The van der Waals surface area contributed by atoms with Crippen LogP contribution in [0.3, 0.4) is 0 Å². The minimum Gasteiger partial charge on any atom is -0.326 e. The number of halogens is 1. The molecule has 0 radical (unpaired) electrons. The first kappa shape index (κ1) is 19.4. The first-order chi connectivity index (χ1) is 13.4. The van der Waals surface area contributed by atoms with Crippen molar-refractivity contribution in [3.63, 3.8) is 0 Å². The number of hydrogen-bond acceptors (Lipinski definition) is 3. The average molecular weight is 396 g/mol. The number of nitrogens with one attached hydrogen (secondary N) is 2. The number of nitrogens with zero attached hydrogens (tertiary/aromatic N) is 1. The summed E-state index contributed by atoms with van der Waals surface area (Å²) in [6.45, 7) is 1.70. The second kappa shape index (κ2) is 8.54. The molecule has 2 N–H and O–H groups in total. The Morgan fingerprint density at radius 2 is 1.68 bits per heavy atom. The van der Waals surface area contributed by atoms with Crippen molar-refractivity contribution in [3.8, 4) is 0 Å². The molecule has 0 fully saturated rings. The fraction of sp³-hybridized carbons (Fsp3) is 0.0952. The van der Waals surface area contributed by atoms with E-state index >= 15 is 0 Å². The van der Waals surface area contributed by atoms with Crippen LogP contribution in [0.25, 0.3) is 0 Å². The smallest absolute Gasteiger partial charge is 0.263 e. The van der Waals surface area contributed by atoms with Crippen molar-refractivity contribution in [2.24, 2.45) is 0 Å². The van der Waals surface area contributed by atoms with Crippen LogP contribution in [0, 0.1) is 0 Å². The third-order valence-electron chi connectivity index (χ3n) is 3.95. The van der Waals surface area contributed by atoms with E-state index in [9.17, 15) is 14.4 Å². The molecule has 6 nitrogen and oxygen atoms in total. The number of aromatic nitrogens is 1. The van der Waals surface area contributed by atoms with Gasteiger partial charge in [0, 0.05) is 29.5 Å². The second-order valence-electron chi connectivity index (χ2n) is 6.20. The van der Waals surface area contributed by atoms with Crippen LogP contribution in [-0.4, -0.2) is 16.4 Å². The Hall–Kier alpha value is -3.38. The van der Waals surface area contributed by atoms with Gasteiger partial charge < -0.3 is 15.2 Å². The van der Waals surface area contributed by atoms with Crippen molar-refractivity contribution < 1.29 is 9.59 Å². The van der Waals surface area contributed by atoms with E-state index in [4.69, 9.17) is 11.6 Å². The Morgan fingerprint density at radius 1 is 0.964 bits per heavy atom. The maximum Gasteiger partial charge on any atom is 0.263 e. The Kier molecular flexibility index (Phi) is 5.91. The molecule has 0 atom stereocenters. The van der Waals surface area contributed by atoms with E-state index < -0.39 is 11.5 Å². The Balaban J connectivity index is 1.81. The maximum absolute atomic E-state index is 12.7. The van der Waals surface area contributed by atoms with Crippen LogP contribution in [-0.2, 0) is 11.3 Å². The van der Waals surface area contributed by atoms with Crippen molar-refractivity contribution in [2.75, 3.05) is 10.6 Å². The number of pyridine rings is 1. The quantitative estimate of drug-likeness (QED) is 0.690. The molecule has 0 bridgehead atoms. The zero-order valence-electron chi connectivity index (χ0n) is 15.1. The molecular weight excluding hydrogens is 378 g/mol. The molecule has 3 rings (SSSR count). The van der Waals surface area contributed by atoms with Gasteiger partial charge in [-0.2, -0.15) is 0 Å². The molecule has 0 aliphatic heterocycles. The molecular formula is C21H18ClN3O3. The number of amides is 2.